The predicted molar refractivity (Wildman–Crippen MR) is 70.3 cm³/mol. The number of hydrogen-bond acceptors (Lipinski definition) is 4. The Morgan fingerprint density at radius 2 is 2.17 bits per heavy atom. The van der Waals surface area contributed by atoms with Crippen LogP contribution in [0.5, 0.6) is 0 Å². The van der Waals surface area contributed by atoms with E-state index in [0.29, 0.717) is 23.6 Å². The van der Waals surface area contributed by atoms with Crippen LogP contribution in [0.3, 0.4) is 0 Å². The summed E-state index contributed by atoms with van der Waals surface area (Å²) in [6.07, 6.45) is 0. The molecule has 0 aliphatic carbocycles. The summed E-state index contributed by atoms with van der Waals surface area (Å²) >= 11 is 3.43. The first-order chi connectivity index (χ1) is 8.65. The summed E-state index contributed by atoms with van der Waals surface area (Å²) < 4.78 is 11.0. The highest BCUT2D eigenvalue weighted by Crippen LogP contribution is 2.31. The van der Waals surface area contributed by atoms with Crippen LogP contribution in [0.15, 0.2) is 33.3 Å². The molecule has 0 unspecified atom stereocenters. The first-order valence-electron chi connectivity index (χ1n) is 5.53. The van der Waals surface area contributed by atoms with E-state index in [-0.39, 0.29) is 0 Å². The average Bonchev–Trinajstić information content (AvgIpc) is 2.72. The molecule has 0 fully saturated rings. The molecule has 0 N–H and O–H groups in total. The van der Waals surface area contributed by atoms with Gasteiger partial charge in [0, 0.05) is 10.0 Å². The van der Waals surface area contributed by atoms with Crippen molar-refractivity contribution < 1.29 is 14.1 Å². The Balaban J connectivity index is 2.53. The third-order valence-corrected chi connectivity index (χ3v) is 3.16. The van der Waals surface area contributed by atoms with Crippen LogP contribution in [0.2, 0.25) is 0 Å². The van der Waals surface area contributed by atoms with E-state index < -0.39 is 5.97 Å². The average molecular weight is 310 g/mol. The molecule has 0 spiro atoms. The zero-order valence-corrected chi connectivity index (χ0v) is 11.7. The van der Waals surface area contributed by atoms with Crippen molar-refractivity contribution in [1.29, 1.82) is 0 Å². The summed E-state index contributed by atoms with van der Waals surface area (Å²) in [7, 11) is 0. The van der Waals surface area contributed by atoms with E-state index in [1.54, 1.807) is 13.8 Å². The summed E-state index contributed by atoms with van der Waals surface area (Å²) in [4.78, 5) is 11.9. The number of nitrogens with zero attached hydrogens (tertiary/aromatic N) is 1. The Morgan fingerprint density at radius 1 is 1.44 bits per heavy atom. The Kier molecular flexibility index (Phi) is 3.81. The second kappa shape index (κ2) is 5.35. The number of hydrogen-bond donors (Lipinski definition) is 0. The zero-order valence-electron chi connectivity index (χ0n) is 10.1. The first kappa shape index (κ1) is 12.8. The normalized spacial score (nSPS) is 10.4. The molecule has 18 heavy (non-hydrogen) atoms. The van der Waals surface area contributed by atoms with Crippen molar-refractivity contribution in [3.8, 4) is 11.3 Å². The number of rotatable bonds is 3. The van der Waals surface area contributed by atoms with E-state index in [9.17, 15) is 4.79 Å². The van der Waals surface area contributed by atoms with E-state index >= 15 is 0 Å². The van der Waals surface area contributed by atoms with Crippen LogP contribution in [0, 0.1) is 6.92 Å². The minimum atomic E-state index is -0.415. The number of ether oxygens (including phenoxy) is 1. The number of benzene rings is 1. The molecule has 2 rings (SSSR count). The minimum Gasteiger partial charge on any atom is -0.462 e. The van der Waals surface area contributed by atoms with Crippen molar-refractivity contribution in [2.24, 2.45) is 0 Å². The number of aryl methyl sites for hydroxylation is 1. The van der Waals surface area contributed by atoms with Crippen molar-refractivity contribution in [2.45, 2.75) is 13.8 Å². The lowest BCUT2D eigenvalue weighted by Gasteiger charge is -2.04. The number of esters is 1. The van der Waals surface area contributed by atoms with Gasteiger partial charge in [0.2, 0.25) is 0 Å². The molecule has 0 radical (unpaired) electrons. The lowest BCUT2D eigenvalue weighted by Crippen LogP contribution is -2.06. The summed E-state index contributed by atoms with van der Waals surface area (Å²) in [5, 5.41) is 3.94. The van der Waals surface area contributed by atoms with E-state index in [2.05, 4.69) is 21.1 Å². The third kappa shape index (κ3) is 2.31. The molecule has 0 aliphatic heterocycles. The minimum absolute atomic E-state index is 0.318. The maximum atomic E-state index is 11.9. The van der Waals surface area contributed by atoms with Crippen LogP contribution in [0.1, 0.15) is 23.0 Å². The fraction of sp³-hybridized carbons (Fsp3) is 0.231. The van der Waals surface area contributed by atoms with Crippen LogP contribution < -0.4 is 0 Å². The van der Waals surface area contributed by atoms with Gasteiger partial charge in [-0.15, -0.1) is 0 Å². The summed E-state index contributed by atoms with van der Waals surface area (Å²) in [6, 6.07) is 7.52. The van der Waals surface area contributed by atoms with E-state index in [1.807, 2.05) is 24.3 Å². The number of carbonyl (C=O) groups excluding carboxylic acids is 1. The quantitative estimate of drug-likeness (QED) is 0.813. The second-order valence-electron chi connectivity index (χ2n) is 3.66. The number of halogens is 1. The maximum absolute atomic E-state index is 11.9. The monoisotopic (exact) mass is 309 g/mol. The Hall–Kier alpha value is -1.62. The van der Waals surface area contributed by atoms with Gasteiger partial charge in [-0.2, -0.15) is 0 Å². The summed E-state index contributed by atoms with van der Waals surface area (Å²) in [5.41, 5.74) is 1.68. The number of aromatic nitrogens is 1. The van der Waals surface area contributed by atoms with Crippen molar-refractivity contribution in [1.82, 2.24) is 5.16 Å². The Labute approximate surface area is 113 Å². The molecule has 0 bridgehead atoms. The molecule has 5 heteroatoms. The van der Waals surface area contributed by atoms with Gasteiger partial charge in [0.1, 0.15) is 17.0 Å². The van der Waals surface area contributed by atoms with Crippen LogP contribution in [-0.2, 0) is 4.74 Å². The fourth-order valence-electron chi connectivity index (χ4n) is 1.65. The Morgan fingerprint density at radius 3 is 2.83 bits per heavy atom. The molecule has 1 aromatic heterocycles. The van der Waals surface area contributed by atoms with Gasteiger partial charge < -0.3 is 9.26 Å². The van der Waals surface area contributed by atoms with Crippen molar-refractivity contribution in [3.63, 3.8) is 0 Å². The molecule has 0 saturated heterocycles. The van der Waals surface area contributed by atoms with E-state index in [0.717, 1.165) is 10.0 Å². The molecule has 0 aliphatic rings. The van der Waals surface area contributed by atoms with Crippen LogP contribution in [0.25, 0.3) is 11.3 Å². The topological polar surface area (TPSA) is 52.3 Å². The molecule has 0 saturated carbocycles. The van der Waals surface area contributed by atoms with Gasteiger partial charge in [-0.3, -0.25) is 0 Å². The standard InChI is InChI=1S/C13H12BrNO3/c1-3-17-13(16)11-8(2)18-15-12(11)9-6-4-5-7-10(9)14/h4-7H,3H2,1-2H3. The van der Waals surface area contributed by atoms with Crippen LogP contribution >= 0.6 is 15.9 Å². The van der Waals surface area contributed by atoms with Gasteiger partial charge >= 0.3 is 5.97 Å². The van der Waals surface area contributed by atoms with Crippen molar-refractivity contribution >= 4 is 21.9 Å². The van der Waals surface area contributed by atoms with Crippen molar-refractivity contribution in [2.75, 3.05) is 6.61 Å². The van der Waals surface area contributed by atoms with Gasteiger partial charge in [0.05, 0.1) is 6.61 Å². The molecule has 1 aromatic carbocycles. The third-order valence-electron chi connectivity index (χ3n) is 2.47. The second-order valence-corrected chi connectivity index (χ2v) is 4.52. The molecule has 2 aromatic rings. The fourth-order valence-corrected chi connectivity index (χ4v) is 2.13. The van der Waals surface area contributed by atoms with E-state index in [1.165, 1.54) is 0 Å². The molecule has 0 atom stereocenters. The zero-order chi connectivity index (χ0) is 13.1. The van der Waals surface area contributed by atoms with Gasteiger partial charge in [0.15, 0.2) is 0 Å². The smallest absolute Gasteiger partial charge is 0.344 e. The molecule has 94 valence electrons. The molecular weight excluding hydrogens is 298 g/mol. The Bertz CT molecular complexity index is 577. The lowest BCUT2D eigenvalue weighted by molar-refractivity contribution is 0.0525. The molecule has 1 heterocycles. The largest absolute Gasteiger partial charge is 0.462 e. The van der Waals surface area contributed by atoms with E-state index in [4.69, 9.17) is 9.26 Å². The summed E-state index contributed by atoms with van der Waals surface area (Å²) in [6.45, 7) is 3.78. The lowest BCUT2D eigenvalue weighted by atomic mass is 10.1. The molecule has 0 amide bonds. The van der Waals surface area contributed by atoms with Gasteiger partial charge in [0.25, 0.3) is 0 Å². The van der Waals surface area contributed by atoms with Crippen molar-refractivity contribution in [3.05, 3.63) is 40.1 Å². The highest BCUT2D eigenvalue weighted by Gasteiger charge is 2.23. The van der Waals surface area contributed by atoms with Crippen LogP contribution in [-0.4, -0.2) is 17.7 Å². The predicted octanol–water partition coefficient (Wildman–Crippen LogP) is 3.59. The number of carbonyl (C=O) groups is 1. The summed E-state index contributed by atoms with van der Waals surface area (Å²) in [5.74, 6) is 0.0428. The van der Waals surface area contributed by atoms with Gasteiger partial charge in [-0.05, 0) is 19.9 Å². The van der Waals surface area contributed by atoms with Gasteiger partial charge in [-0.25, -0.2) is 4.79 Å². The van der Waals surface area contributed by atoms with Crippen LogP contribution in [0.4, 0.5) is 0 Å². The molecular formula is C13H12BrNO3. The maximum Gasteiger partial charge on any atom is 0.344 e. The SMILES string of the molecule is CCOC(=O)c1c(-c2ccccc2Br)noc1C. The van der Waals surface area contributed by atoms with Gasteiger partial charge in [-0.1, -0.05) is 39.3 Å². The highest BCUT2D eigenvalue weighted by atomic mass is 79.9. The first-order valence-corrected chi connectivity index (χ1v) is 6.32. The highest BCUT2D eigenvalue weighted by molar-refractivity contribution is 9.10. The molecule has 4 nitrogen and oxygen atoms in total.